The van der Waals surface area contributed by atoms with E-state index in [1.165, 1.54) is 19.4 Å². The highest BCUT2D eigenvalue weighted by atomic mass is 32.2. The van der Waals surface area contributed by atoms with Crippen LogP contribution in [0.25, 0.3) is 0 Å². The molecule has 0 atom stereocenters. The summed E-state index contributed by atoms with van der Waals surface area (Å²) in [6, 6.07) is 6.40. The molecule has 0 unspecified atom stereocenters. The Morgan fingerprint density at radius 3 is 2.81 bits per heavy atom. The van der Waals surface area contributed by atoms with Crippen LogP contribution in [0.3, 0.4) is 0 Å². The normalized spacial score (nSPS) is 11.3. The zero-order chi connectivity index (χ0) is 15.3. The van der Waals surface area contributed by atoms with E-state index in [0.29, 0.717) is 11.6 Å². The predicted octanol–water partition coefficient (Wildman–Crippen LogP) is 0.422. The summed E-state index contributed by atoms with van der Waals surface area (Å²) in [5, 5.41) is 0. The first-order valence-electron chi connectivity index (χ1n) is 6.19. The molecule has 112 valence electrons. The van der Waals surface area contributed by atoms with Crippen LogP contribution in [-0.4, -0.2) is 25.5 Å². The lowest BCUT2D eigenvalue weighted by Gasteiger charge is -2.10. The zero-order valence-corrected chi connectivity index (χ0v) is 12.3. The summed E-state index contributed by atoms with van der Waals surface area (Å²) in [4.78, 5) is 8.02. The Morgan fingerprint density at radius 2 is 2.10 bits per heavy atom. The van der Waals surface area contributed by atoms with Crippen molar-refractivity contribution < 1.29 is 13.2 Å². The lowest BCUT2D eigenvalue weighted by molar-refractivity contribution is 0.397. The summed E-state index contributed by atoms with van der Waals surface area (Å²) in [6.07, 6.45) is 3.06. The van der Waals surface area contributed by atoms with Gasteiger partial charge in [-0.05, 0) is 23.8 Å². The molecule has 0 amide bonds. The first-order chi connectivity index (χ1) is 10.1. The Balaban J connectivity index is 2.18. The summed E-state index contributed by atoms with van der Waals surface area (Å²) in [7, 11) is -2.18. The third-order valence-electron chi connectivity index (χ3n) is 2.81. The molecular formula is C13H16N4O3S. The van der Waals surface area contributed by atoms with Gasteiger partial charge in [-0.1, -0.05) is 0 Å². The van der Waals surface area contributed by atoms with Crippen LogP contribution < -0.4 is 15.2 Å². The van der Waals surface area contributed by atoms with E-state index in [4.69, 9.17) is 10.5 Å². The summed E-state index contributed by atoms with van der Waals surface area (Å²) in [6.45, 7) is 0.181. The fourth-order valence-electron chi connectivity index (χ4n) is 1.75. The average molecular weight is 308 g/mol. The van der Waals surface area contributed by atoms with Crippen LogP contribution in [0.2, 0.25) is 0 Å². The molecule has 21 heavy (non-hydrogen) atoms. The van der Waals surface area contributed by atoms with Gasteiger partial charge in [0.05, 0.1) is 12.8 Å². The maximum absolute atomic E-state index is 12.3. The predicted molar refractivity (Wildman–Crippen MR) is 76.9 cm³/mol. The monoisotopic (exact) mass is 308 g/mol. The molecule has 0 aliphatic heterocycles. The van der Waals surface area contributed by atoms with Gasteiger partial charge in [0.25, 0.3) is 0 Å². The van der Waals surface area contributed by atoms with Gasteiger partial charge in [0.1, 0.15) is 4.90 Å². The molecule has 2 aromatic rings. The zero-order valence-electron chi connectivity index (χ0n) is 11.5. The topological polar surface area (TPSA) is 107 Å². The van der Waals surface area contributed by atoms with Crippen LogP contribution in [0.5, 0.6) is 5.88 Å². The summed E-state index contributed by atoms with van der Waals surface area (Å²) >= 11 is 0. The molecule has 2 aromatic heterocycles. The maximum atomic E-state index is 12.3. The highest BCUT2D eigenvalue weighted by Gasteiger charge is 2.18. The van der Waals surface area contributed by atoms with Crippen molar-refractivity contribution in [2.45, 2.75) is 18.0 Å². The first kappa shape index (κ1) is 15.4. The van der Waals surface area contributed by atoms with E-state index in [-0.39, 0.29) is 18.0 Å². The maximum Gasteiger partial charge on any atom is 0.242 e. The van der Waals surface area contributed by atoms with Crippen LogP contribution in [0.4, 0.5) is 0 Å². The number of rotatable bonds is 6. The molecule has 3 N–H and O–H groups in total. The highest BCUT2D eigenvalue weighted by Crippen LogP contribution is 2.14. The van der Waals surface area contributed by atoms with Gasteiger partial charge in [0, 0.05) is 31.5 Å². The fourth-order valence-corrected chi connectivity index (χ4v) is 2.97. The Hall–Kier alpha value is -2.03. The molecule has 0 saturated heterocycles. The Labute approximate surface area is 123 Å². The summed E-state index contributed by atoms with van der Waals surface area (Å²) in [5.74, 6) is 0.427. The SMILES string of the molecule is COc1cc(CNS(=O)(=O)c2cccnc2CN)ccn1. The van der Waals surface area contributed by atoms with Gasteiger partial charge < -0.3 is 10.5 Å². The fraction of sp³-hybridized carbons (Fsp3) is 0.231. The smallest absolute Gasteiger partial charge is 0.242 e. The van der Waals surface area contributed by atoms with Crippen LogP contribution >= 0.6 is 0 Å². The molecule has 2 heterocycles. The van der Waals surface area contributed by atoms with Gasteiger partial charge >= 0.3 is 0 Å². The van der Waals surface area contributed by atoms with E-state index >= 15 is 0 Å². The number of sulfonamides is 1. The van der Waals surface area contributed by atoms with E-state index < -0.39 is 10.0 Å². The van der Waals surface area contributed by atoms with Gasteiger partial charge in [-0.3, -0.25) is 4.98 Å². The molecule has 0 spiro atoms. The number of aromatic nitrogens is 2. The van der Waals surface area contributed by atoms with E-state index in [0.717, 1.165) is 5.56 Å². The second-order valence-electron chi connectivity index (χ2n) is 4.18. The van der Waals surface area contributed by atoms with Crippen molar-refractivity contribution in [1.29, 1.82) is 0 Å². The Morgan fingerprint density at radius 1 is 1.29 bits per heavy atom. The highest BCUT2D eigenvalue weighted by molar-refractivity contribution is 7.89. The quantitative estimate of drug-likeness (QED) is 0.801. The molecule has 2 rings (SSSR count). The Bertz CT molecular complexity index is 719. The number of hydrogen-bond acceptors (Lipinski definition) is 6. The van der Waals surface area contributed by atoms with Gasteiger partial charge in [-0.25, -0.2) is 18.1 Å². The lowest BCUT2D eigenvalue weighted by Crippen LogP contribution is -2.25. The Kier molecular flexibility index (Phi) is 4.84. The molecule has 0 aliphatic rings. The number of hydrogen-bond donors (Lipinski definition) is 2. The molecule has 8 heteroatoms. The minimum Gasteiger partial charge on any atom is -0.481 e. The van der Waals surface area contributed by atoms with Gasteiger partial charge in [-0.15, -0.1) is 0 Å². The molecule has 0 radical (unpaired) electrons. The average Bonchev–Trinajstić information content (AvgIpc) is 2.53. The van der Waals surface area contributed by atoms with Crippen LogP contribution in [0.15, 0.2) is 41.6 Å². The van der Waals surface area contributed by atoms with Crippen LogP contribution in [-0.2, 0) is 23.1 Å². The van der Waals surface area contributed by atoms with Crippen molar-refractivity contribution in [2.24, 2.45) is 5.73 Å². The first-order valence-corrected chi connectivity index (χ1v) is 7.67. The minimum absolute atomic E-state index is 0.0557. The van der Waals surface area contributed by atoms with E-state index in [1.807, 2.05) is 0 Å². The molecule has 0 fully saturated rings. The number of ether oxygens (including phenoxy) is 1. The van der Waals surface area contributed by atoms with E-state index in [2.05, 4.69) is 14.7 Å². The minimum atomic E-state index is -3.67. The molecule has 0 saturated carbocycles. The van der Waals surface area contributed by atoms with Gasteiger partial charge in [0.2, 0.25) is 15.9 Å². The van der Waals surface area contributed by atoms with Crippen molar-refractivity contribution in [3.63, 3.8) is 0 Å². The lowest BCUT2D eigenvalue weighted by atomic mass is 10.3. The third kappa shape index (κ3) is 3.75. The summed E-state index contributed by atoms with van der Waals surface area (Å²) in [5.41, 5.74) is 6.58. The van der Waals surface area contributed by atoms with Gasteiger partial charge in [-0.2, -0.15) is 0 Å². The summed E-state index contributed by atoms with van der Waals surface area (Å²) < 4.78 is 32.1. The van der Waals surface area contributed by atoms with Crippen molar-refractivity contribution in [3.8, 4) is 5.88 Å². The van der Waals surface area contributed by atoms with E-state index in [1.54, 1.807) is 24.4 Å². The van der Waals surface area contributed by atoms with Crippen LogP contribution in [0, 0.1) is 0 Å². The molecule has 7 nitrogen and oxygen atoms in total. The second kappa shape index (κ2) is 6.61. The third-order valence-corrected chi connectivity index (χ3v) is 4.28. The van der Waals surface area contributed by atoms with Crippen molar-refractivity contribution in [1.82, 2.24) is 14.7 Å². The van der Waals surface area contributed by atoms with Crippen molar-refractivity contribution in [2.75, 3.05) is 7.11 Å². The van der Waals surface area contributed by atoms with Gasteiger partial charge in [0.15, 0.2) is 0 Å². The number of nitrogens with zero attached hydrogens (tertiary/aromatic N) is 2. The number of methoxy groups -OCH3 is 1. The molecule has 0 aromatic carbocycles. The molecule has 0 aliphatic carbocycles. The van der Waals surface area contributed by atoms with Crippen LogP contribution in [0.1, 0.15) is 11.3 Å². The molecule has 0 bridgehead atoms. The van der Waals surface area contributed by atoms with Crippen molar-refractivity contribution >= 4 is 10.0 Å². The number of nitrogens with one attached hydrogen (secondary N) is 1. The number of nitrogens with two attached hydrogens (primary N) is 1. The number of pyridine rings is 2. The van der Waals surface area contributed by atoms with E-state index in [9.17, 15) is 8.42 Å². The molecular weight excluding hydrogens is 292 g/mol. The standard InChI is InChI=1S/C13H16N4O3S/c1-20-13-7-10(4-6-16-13)9-17-21(18,19)12-3-2-5-15-11(12)8-14/h2-7,17H,8-9,14H2,1H3. The largest absolute Gasteiger partial charge is 0.481 e. The second-order valence-corrected chi connectivity index (χ2v) is 5.92. The van der Waals surface area contributed by atoms with Crippen molar-refractivity contribution in [3.05, 3.63) is 47.9 Å².